The predicted octanol–water partition coefficient (Wildman–Crippen LogP) is 2.60. The molecule has 0 aliphatic heterocycles. The maximum Gasteiger partial charge on any atom is 0.187 e. The maximum atomic E-state index is 4.37. The third-order valence-corrected chi connectivity index (χ3v) is 4.19. The zero-order chi connectivity index (χ0) is 15.2. The van der Waals surface area contributed by atoms with Gasteiger partial charge in [0.15, 0.2) is 5.16 Å². The number of likely N-dealkylation sites (N-methyl/N-ethyl adjacent to an activating group) is 1. The smallest absolute Gasteiger partial charge is 0.187 e. The number of hydrogen-bond donors (Lipinski definition) is 1. The number of aryl methyl sites for hydroxylation is 2. The SMILES string of the molecule is CCSc1ncc(CN(C)CCc2c(C)n[nH]c2C)cn1. The first-order valence-electron chi connectivity index (χ1n) is 7.22. The molecule has 0 aromatic carbocycles. The van der Waals surface area contributed by atoms with E-state index in [2.05, 4.69) is 52.9 Å². The van der Waals surface area contributed by atoms with Crippen LogP contribution in [0.4, 0.5) is 0 Å². The van der Waals surface area contributed by atoms with Crippen LogP contribution in [0.1, 0.15) is 29.4 Å². The summed E-state index contributed by atoms with van der Waals surface area (Å²) in [6.45, 7) is 8.10. The fourth-order valence-electron chi connectivity index (χ4n) is 2.26. The summed E-state index contributed by atoms with van der Waals surface area (Å²) in [6.07, 6.45) is 4.86. The minimum atomic E-state index is 0.855. The quantitative estimate of drug-likeness (QED) is 0.629. The fourth-order valence-corrected chi connectivity index (χ4v) is 2.78. The Morgan fingerprint density at radius 1 is 1.24 bits per heavy atom. The van der Waals surface area contributed by atoms with Crippen molar-refractivity contribution in [1.29, 1.82) is 0 Å². The Hall–Kier alpha value is -1.40. The van der Waals surface area contributed by atoms with Crippen LogP contribution in [0.5, 0.6) is 0 Å². The maximum absolute atomic E-state index is 4.37. The Labute approximate surface area is 130 Å². The Morgan fingerprint density at radius 3 is 2.52 bits per heavy atom. The van der Waals surface area contributed by atoms with Gasteiger partial charge in [-0.2, -0.15) is 5.10 Å². The van der Waals surface area contributed by atoms with Crippen LogP contribution < -0.4 is 0 Å². The standard InChI is InChI=1S/C15H23N5S/c1-5-21-15-16-8-13(9-17-15)10-20(4)7-6-14-11(2)18-19-12(14)3/h8-9H,5-7,10H2,1-4H3,(H,18,19). The number of rotatable bonds is 7. The van der Waals surface area contributed by atoms with E-state index in [0.29, 0.717) is 0 Å². The molecule has 0 fully saturated rings. The summed E-state index contributed by atoms with van der Waals surface area (Å²) >= 11 is 1.67. The molecule has 21 heavy (non-hydrogen) atoms. The summed E-state index contributed by atoms with van der Waals surface area (Å²) in [5.74, 6) is 1.00. The summed E-state index contributed by atoms with van der Waals surface area (Å²) in [7, 11) is 2.12. The molecule has 0 unspecified atom stereocenters. The molecule has 5 nitrogen and oxygen atoms in total. The second-order valence-corrected chi connectivity index (χ2v) is 6.44. The Kier molecular flexibility index (Phi) is 5.76. The van der Waals surface area contributed by atoms with E-state index in [1.54, 1.807) is 11.8 Å². The number of aromatic amines is 1. The normalized spacial score (nSPS) is 11.3. The number of H-pyrrole nitrogens is 1. The largest absolute Gasteiger partial charge is 0.302 e. The predicted molar refractivity (Wildman–Crippen MR) is 86.5 cm³/mol. The van der Waals surface area contributed by atoms with E-state index in [4.69, 9.17) is 0 Å². The Balaban J connectivity index is 1.85. The van der Waals surface area contributed by atoms with Crippen LogP contribution in [0.15, 0.2) is 17.6 Å². The molecule has 2 rings (SSSR count). The van der Waals surface area contributed by atoms with Gasteiger partial charge in [0, 0.05) is 36.7 Å². The third-order valence-electron chi connectivity index (χ3n) is 3.43. The zero-order valence-corrected chi connectivity index (χ0v) is 14.0. The molecule has 0 atom stereocenters. The van der Waals surface area contributed by atoms with Crippen LogP contribution in [-0.2, 0) is 13.0 Å². The van der Waals surface area contributed by atoms with E-state index in [-0.39, 0.29) is 0 Å². The average molecular weight is 305 g/mol. The van der Waals surface area contributed by atoms with E-state index < -0.39 is 0 Å². The first-order valence-corrected chi connectivity index (χ1v) is 8.21. The monoisotopic (exact) mass is 305 g/mol. The molecule has 2 aromatic heterocycles. The lowest BCUT2D eigenvalue weighted by Gasteiger charge is -2.16. The Bertz CT molecular complexity index is 544. The molecule has 2 aromatic rings. The number of aromatic nitrogens is 4. The van der Waals surface area contributed by atoms with Gasteiger partial charge in [0.25, 0.3) is 0 Å². The van der Waals surface area contributed by atoms with Gasteiger partial charge in [-0.25, -0.2) is 9.97 Å². The van der Waals surface area contributed by atoms with Crippen molar-refractivity contribution in [3.05, 3.63) is 34.9 Å². The Morgan fingerprint density at radius 2 is 1.95 bits per heavy atom. The van der Waals surface area contributed by atoms with Crippen LogP contribution in [0, 0.1) is 13.8 Å². The highest BCUT2D eigenvalue weighted by Crippen LogP contribution is 2.13. The van der Waals surface area contributed by atoms with Gasteiger partial charge in [-0.05, 0) is 38.6 Å². The second kappa shape index (κ2) is 7.56. The number of hydrogen-bond acceptors (Lipinski definition) is 5. The highest BCUT2D eigenvalue weighted by Gasteiger charge is 2.08. The molecule has 2 heterocycles. The van der Waals surface area contributed by atoms with Crippen molar-refractivity contribution < 1.29 is 0 Å². The lowest BCUT2D eigenvalue weighted by molar-refractivity contribution is 0.329. The molecule has 1 N–H and O–H groups in total. The van der Waals surface area contributed by atoms with Gasteiger partial charge in [-0.15, -0.1) is 0 Å². The van der Waals surface area contributed by atoms with Crippen LogP contribution in [0.3, 0.4) is 0 Å². The average Bonchev–Trinajstić information content (AvgIpc) is 2.78. The number of nitrogens with zero attached hydrogens (tertiary/aromatic N) is 4. The first-order chi connectivity index (χ1) is 10.1. The fraction of sp³-hybridized carbons (Fsp3) is 0.533. The van der Waals surface area contributed by atoms with Gasteiger partial charge >= 0.3 is 0 Å². The molecule has 6 heteroatoms. The van der Waals surface area contributed by atoms with Crippen molar-refractivity contribution in [2.24, 2.45) is 0 Å². The van der Waals surface area contributed by atoms with Gasteiger partial charge in [0.1, 0.15) is 0 Å². The van der Waals surface area contributed by atoms with E-state index in [1.807, 2.05) is 12.4 Å². The molecule has 0 aliphatic carbocycles. The molecule has 0 amide bonds. The van der Waals surface area contributed by atoms with Crippen LogP contribution in [-0.4, -0.2) is 44.4 Å². The minimum Gasteiger partial charge on any atom is -0.302 e. The zero-order valence-electron chi connectivity index (χ0n) is 13.2. The van der Waals surface area contributed by atoms with Gasteiger partial charge in [-0.1, -0.05) is 18.7 Å². The lowest BCUT2D eigenvalue weighted by Crippen LogP contribution is -2.21. The summed E-state index contributed by atoms with van der Waals surface area (Å²) in [5.41, 5.74) is 4.75. The second-order valence-electron chi connectivity index (χ2n) is 5.21. The molecular weight excluding hydrogens is 282 g/mol. The molecular formula is C15H23N5S. The summed E-state index contributed by atoms with van der Waals surface area (Å²) < 4.78 is 0. The van der Waals surface area contributed by atoms with Gasteiger partial charge in [-0.3, -0.25) is 5.10 Å². The summed E-state index contributed by atoms with van der Waals surface area (Å²) in [5, 5.41) is 8.13. The van der Waals surface area contributed by atoms with Crippen LogP contribution in [0.2, 0.25) is 0 Å². The molecule has 114 valence electrons. The molecule has 0 saturated heterocycles. The molecule has 0 saturated carbocycles. The molecule has 0 aliphatic rings. The van der Waals surface area contributed by atoms with Crippen molar-refractivity contribution in [2.45, 2.75) is 38.9 Å². The van der Waals surface area contributed by atoms with Crippen molar-refractivity contribution in [2.75, 3.05) is 19.3 Å². The minimum absolute atomic E-state index is 0.855. The highest BCUT2D eigenvalue weighted by molar-refractivity contribution is 7.99. The number of thioether (sulfide) groups is 1. The van der Waals surface area contributed by atoms with Crippen molar-refractivity contribution in [3.63, 3.8) is 0 Å². The van der Waals surface area contributed by atoms with E-state index in [0.717, 1.165) is 41.7 Å². The summed E-state index contributed by atoms with van der Waals surface area (Å²) in [6, 6.07) is 0. The summed E-state index contributed by atoms with van der Waals surface area (Å²) in [4.78, 5) is 11.0. The topological polar surface area (TPSA) is 57.7 Å². The molecule has 0 spiro atoms. The van der Waals surface area contributed by atoms with Gasteiger partial charge in [0.2, 0.25) is 0 Å². The molecule has 0 radical (unpaired) electrons. The van der Waals surface area contributed by atoms with E-state index >= 15 is 0 Å². The third kappa shape index (κ3) is 4.54. The van der Waals surface area contributed by atoms with Gasteiger partial charge in [0.05, 0.1) is 5.69 Å². The van der Waals surface area contributed by atoms with Crippen molar-refractivity contribution in [3.8, 4) is 0 Å². The van der Waals surface area contributed by atoms with Crippen molar-refractivity contribution in [1.82, 2.24) is 25.1 Å². The van der Waals surface area contributed by atoms with E-state index in [9.17, 15) is 0 Å². The molecule has 0 bridgehead atoms. The lowest BCUT2D eigenvalue weighted by atomic mass is 10.1. The number of nitrogens with one attached hydrogen (secondary N) is 1. The highest BCUT2D eigenvalue weighted by atomic mass is 32.2. The van der Waals surface area contributed by atoms with Crippen molar-refractivity contribution >= 4 is 11.8 Å². The van der Waals surface area contributed by atoms with Crippen LogP contribution in [0.25, 0.3) is 0 Å². The first kappa shape index (κ1) is 16.0. The van der Waals surface area contributed by atoms with Gasteiger partial charge < -0.3 is 4.90 Å². The van der Waals surface area contributed by atoms with E-state index in [1.165, 1.54) is 11.3 Å². The van der Waals surface area contributed by atoms with Crippen LogP contribution >= 0.6 is 11.8 Å².